The van der Waals surface area contributed by atoms with Crippen molar-refractivity contribution in [2.75, 3.05) is 36.8 Å². The quantitative estimate of drug-likeness (QED) is 0.789. The van der Waals surface area contributed by atoms with Crippen LogP contribution in [-0.4, -0.2) is 66.9 Å². The Morgan fingerprint density at radius 3 is 2.48 bits per heavy atom. The number of sulfonamides is 1. The van der Waals surface area contributed by atoms with E-state index in [4.69, 9.17) is 0 Å². The molecular formula is C17H23N3O4S. The molecule has 2 amide bonds. The maximum atomic E-state index is 12.6. The molecule has 7 nitrogen and oxygen atoms in total. The van der Waals surface area contributed by atoms with E-state index in [0.717, 1.165) is 5.69 Å². The second kappa shape index (κ2) is 6.42. The van der Waals surface area contributed by atoms with Crippen LogP contribution in [0.3, 0.4) is 0 Å². The minimum atomic E-state index is -3.33. The van der Waals surface area contributed by atoms with E-state index in [1.54, 1.807) is 16.7 Å². The fraction of sp³-hybridized carbons (Fsp3) is 0.529. The Hall–Kier alpha value is -1.93. The van der Waals surface area contributed by atoms with Crippen molar-refractivity contribution in [1.29, 1.82) is 0 Å². The van der Waals surface area contributed by atoms with E-state index < -0.39 is 15.6 Å². The molecule has 2 saturated heterocycles. The van der Waals surface area contributed by atoms with Crippen LogP contribution in [0.5, 0.6) is 0 Å². The molecule has 1 atom stereocenters. The van der Waals surface area contributed by atoms with E-state index in [2.05, 4.69) is 0 Å². The fourth-order valence-electron chi connectivity index (χ4n) is 3.73. The third-order valence-electron chi connectivity index (χ3n) is 5.12. The van der Waals surface area contributed by atoms with Gasteiger partial charge in [-0.1, -0.05) is 18.2 Å². The van der Waals surface area contributed by atoms with Gasteiger partial charge in [0.05, 0.1) is 17.8 Å². The predicted molar refractivity (Wildman–Crippen MR) is 94.6 cm³/mol. The number of amides is 2. The number of anilines is 1. The minimum absolute atomic E-state index is 0.0236. The largest absolute Gasteiger partial charge is 0.325 e. The molecule has 0 saturated carbocycles. The molecule has 0 radical (unpaired) electrons. The van der Waals surface area contributed by atoms with Crippen LogP contribution in [0.2, 0.25) is 0 Å². The normalized spacial score (nSPS) is 25.0. The first-order valence-electron chi connectivity index (χ1n) is 8.40. The van der Waals surface area contributed by atoms with Crippen molar-refractivity contribution in [3.8, 4) is 0 Å². The SMILES string of the molecule is CCS(=O)(=O)N1CC[C@]2(CN(c3ccccc3)C(=O)CN2C(C)=O)C1. The molecule has 0 N–H and O–H groups in total. The highest BCUT2D eigenvalue weighted by molar-refractivity contribution is 7.89. The number of hydrogen-bond acceptors (Lipinski definition) is 4. The topological polar surface area (TPSA) is 78.0 Å². The molecule has 0 bridgehead atoms. The van der Waals surface area contributed by atoms with E-state index in [0.29, 0.717) is 19.5 Å². The first-order valence-corrected chi connectivity index (χ1v) is 10.0. The molecule has 1 aromatic carbocycles. The number of benzene rings is 1. The van der Waals surface area contributed by atoms with Crippen molar-refractivity contribution in [3.63, 3.8) is 0 Å². The molecule has 25 heavy (non-hydrogen) atoms. The lowest BCUT2D eigenvalue weighted by molar-refractivity contribution is -0.142. The van der Waals surface area contributed by atoms with Gasteiger partial charge in [0.25, 0.3) is 0 Å². The highest BCUT2D eigenvalue weighted by atomic mass is 32.2. The third kappa shape index (κ3) is 3.16. The Bertz CT molecular complexity index is 780. The lowest BCUT2D eigenvalue weighted by atomic mass is 9.92. The molecule has 0 aliphatic carbocycles. The van der Waals surface area contributed by atoms with Gasteiger partial charge in [-0.05, 0) is 25.5 Å². The highest BCUT2D eigenvalue weighted by Gasteiger charge is 2.52. The lowest BCUT2D eigenvalue weighted by Gasteiger charge is -2.48. The van der Waals surface area contributed by atoms with Gasteiger partial charge in [0, 0.05) is 25.7 Å². The third-order valence-corrected chi connectivity index (χ3v) is 6.95. The highest BCUT2D eigenvalue weighted by Crippen LogP contribution is 2.35. The van der Waals surface area contributed by atoms with Gasteiger partial charge >= 0.3 is 0 Å². The molecule has 3 rings (SSSR count). The first kappa shape index (κ1) is 17.9. The van der Waals surface area contributed by atoms with E-state index in [-0.39, 0.29) is 30.7 Å². The van der Waals surface area contributed by atoms with Gasteiger partial charge in [-0.15, -0.1) is 0 Å². The number of rotatable bonds is 3. The number of nitrogens with zero attached hydrogens (tertiary/aromatic N) is 3. The standard InChI is InChI=1S/C17H23N3O4S/c1-3-25(23,24)18-10-9-17(12-18)13-19(15-7-5-4-6-8-15)16(22)11-20(17)14(2)21/h4-8H,3,9-13H2,1-2H3/t17-/m1/s1. The van der Waals surface area contributed by atoms with Gasteiger partial charge in [0.15, 0.2) is 0 Å². The summed E-state index contributed by atoms with van der Waals surface area (Å²) in [5, 5.41) is 0. The monoisotopic (exact) mass is 365 g/mol. The second-order valence-corrected chi connectivity index (χ2v) is 8.89. The molecule has 2 fully saturated rings. The fourth-order valence-corrected chi connectivity index (χ4v) is 4.90. The molecule has 1 aromatic rings. The molecule has 1 spiro atoms. The van der Waals surface area contributed by atoms with Crippen LogP contribution in [-0.2, 0) is 19.6 Å². The summed E-state index contributed by atoms with van der Waals surface area (Å²) in [5.41, 5.74) is 0.101. The van der Waals surface area contributed by atoms with Crippen molar-refractivity contribution in [2.24, 2.45) is 0 Å². The van der Waals surface area contributed by atoms with Crippen molar-refractivity contribution in [2.45, 2.75) is 25.8 Å². The van der Waals surface area contributed by atoms with Crippen molar-refractivity contribution >= 4 is 27.5 Å². The summed E-state index contributed by atoms with van der Waals surface area (Å²) < 4.78 is 26.0. The van der Waals surface area contributed by atoms with Gasteiger partial charge in [0.2, 0.25) is 21.8 Å². The average molecular weight is 365 g/mol. The maximum Gasteiger partial charge on any atom is 0.246 e. The molecular weight excluding hydrogens is 342 g/mol. The average Bonchev–Trinajstić information content (AvgIpc) is 3.03. The number of para-hydroxylation sites is 1. The van der Waals surface area contributed by atoms with Crippen LogP contribution in [0.4, 0.5) is 5.69 Å². The van der Waals surface area contributed by atoms with Crippen molar-refractivity contribution in [1.82, 2.24) is 9.21 Å². The number of carbonyl (C=O) groups excluding carboxylic acids is 2. The summed E-state index contributed by atoms with van der Waals surface area (Å²) in [6, 6.07) is 9.29. The number of piperazine rings is 1. The van der Waals surface area contributed by atoms with Crippen LogP contribution in [0.1, 0.15) is 20.3 Å². The van der Waals surface area contributed by atoms with Crippen LogP contribution in [0, 0.1) is 0 Å². The maximum absolute atomic E-state index is 12.6. The van der Waals surface area contributed by atoms with Gasteiger partial charge in [-0.2, -0.15) is 4.31 Å². The van der Waals surface area contributed by atoms with Gasteiger partial charge in [-0.25, -0.2) is 8.42 Å². The first-order chi connectivity index (χ1) is 11.8. The Labute approximate surface area is 148 Å². The zero-order valence-corrected chi connectivity index (χ0v) is 15.3. The second-order valence-electron chi connectivity index (χ2n) is 6.63. The van der Waals surface area contributed by atoms with Crippen LogP contribution in [0.15, 0.2) is 30.3 Å². The minimum Gasteiger partial charge on any atom is -0.325 e. The van der Waals surface area contributed by atoms with E-state index >= 15 is 0 Å². The Kier molecular flexibility index (Phi) is 4.59. The molecule has 8 heteroatoms. The zero-order valence-electron chi connectivity index (χ0n) is 14.5. The molecule has 0 unspecified atom stereocenters. The predicted octanol–water partition coefficient (Wildman–Crippen LogP) is 0.676. The molecule has 2 aliphatic heterocycles. The van der Waals surface area contributed by atoms with E-state index in [9.17, 15) is 18.0 Å². The van der Waals surface area contributed by atoms with Crippen LogP contribution < -0.4 is 4.90 Å². The van der Waals surface area contributed by atoms with Crippen LogP contribution >= 0.6 is 0 Å². The Morgan fingerprint density at radius 2 is 1.88 bits per heavy atom. The van der Waals surface area contributed by atoms with Gasteiger partial charge in [-0.3, -0.25) is 9.59 Å². The van der Waals surface area contributed by atoms with Crippen molar-refractivity contribution in [3.05, 3.63) is 30.3 Å². The van der Waals surface area contributed by atoms with Gasteiger partial charge in [0.1, 0.15) is 6.54 Å². The molecule has 0 aromatic heterocycles. The van der Waals surface area contributed by atoms with Crippen molar-refractivity contribution < 1.29 is 18.0 Å². The molecule has 136 valence electrons. The van der Waals surface area contributed by atoms with E-state index in [1.165, 1.54) is 11.2 Å². The number of carbonyl (C=O) groups is 2. The van der Waals surface area contributed by atoms with Crippen LogP contribution in [0.25, 0.3) is 0 Å². The molecule has 2 heterocycles. The summed E-state index contributed by atoms with van der Waals surface area (Å²) in [7, 11) is -3.33. The van der Waals surface area contributed by atoms with Gasteiger partial charge < -0.3 is 9.80 Å². The summed E-state index contributed by atoms with van der Waals surface area (Å²) in [4.78, 5) is 28.0. The summed E-state index contributed by atoms with van der Waals surface area (Å²) >= 11 is 0. The lowest BCUT2D eigenvalue weighted by Crippen LogP contribution is -2.67. The smallest absolute Gasteiger partial charge is 0.246 e. The Balaban J connectivity index is 1.95. The summed E-state index contributed by atoms with van der Waals surface area (Å²) in [6.07, 6.45) is 0.530. The van der Waals surface area contributed by atoms with E-state index in [1.807, 2.05) is 30.3 Å². The molecule has 2 aliphatic rings. The number of hydrogen-bond donors (Lipinski definition) is 0. The Morgan fingerprint density at radius 1 is 1.20 bits per heavy atom. The summed E-state index contributed by atoms with van der Waals surface area (Å²) in [5.74, 6) is -0.314. The summed E-state index contributed by atoms with van der Waals surface area (Å²) in [6.45, 7) is 3.94. The zero-order chi connectivity index (χ0) is 18.2.